The Bertz CT molecular complexity index is 1740. The summed E-state index contributed by atoms with van der Waals surface area (Å²) in [5.74, 6) is 1.11. The number of methoxy groups -OCH3 is 3. The summed E-state index contributed by atoms with van der Waals surface area (Å²) in [7, 11) is 6.77. The summed E-state index contributed by atoms with van der Waals surface area (Å²) in [4.78, 5) is 34.6. The van der Waals surface area contributed by atoms with Gasteiger partial charge in [-0.15, -0.1) is 11.3 Å². The van der Waals surface area contributed by atoms with Crippen LogP contribution in [0.5, 0.6) is 17.2 Å². The number of nitrogens with zero attached hydrogens (tertiary/aromatic N) is 2. The van der Waals surface area contributed by atoms with Crippen LogP contribution >= 0.6 is 34.5 Å². The van der Waals surface area contributed by atoms with Gasteiger partial charge in [-0.25, -0.2) is 9.59 Å². The first-order valence-corrected chi connectivity index (χ1v) is 17.8. The monoisotopic (exact) mass is 741 g/mol. The zero-order chi connectivity index (χ0) is 35.6. The standard InChI is InChI=1S/C37H41Cl2N3O7S/c1-42-14-12-23(13-15-42)22-48-37(44)35(25-6-5-7-26(16-25)45-2)41-19-27-9-11-34(50-27)36(43)49-32(18-28-29(38)20-40-21-30(28)39)24-8-10-31(46-3)33(17-24)47-4/h5-11,16-17,20-21,23,32,35,41H,12-15,18-19,22H2,1-4H3/t32-,35?/m0/s1. The number of thiophene rings is 1. The highest BCUT2D eigenvalue weighted by Gasteiger charge is 2.27. The number of likely N-dealkylation sites (tertiary alicyclic amines) is 1. The largest absolute Gasteiger partial charge is 0.497 e. The molecule has 266 valence electrons. The molecular weight excluding hydrogens is 701 g/mol. The van der Waals surface area contributed by atoms with E-state index in [2.05, 4.69) is 22.2 Å². The van der Waals surface area contributed by atoms with Gasteiger partial charge in [0, 0.05) is 30.2 Å². The second-order valence-electron chi connectivity index (χ2n) is 12.0. The quantitative estimate of drug-likeness (QED) is 0.124. The molecule has 0 saturated carbocycles. The molecule has 4 aromatic rings. The lowest BCUT2D eigenvalue weighted by atomic mass is 9.98. The lowest BCUT2D eigenvalue weighted by Gasteiger charge is -2.29. The summed E-state index contributed by atoms with van der Waals surface area (Å²) in [6, 6.07) is 15.5. The second kappa shape index (κ2) is 17.9. The number of aromatic nitrogens is 1. The van der Waals surface area contributed by atoms with Crippen LogP contribution in [0.1, 0.15) is 56.2 Å². The summed E-state index contributed by atoms with van der Waals surface area (Å²) in [5.41, 5.74) is 1.98. The molecule has 0 amide bonds. The molecule has 1 fully saturated rings. The Kier molecular flexibility index (Phi) is 13.4. The summed E-state index contributed by atoms with van der Waals surface area (Å²) >= 11 is 14.2. The van der Waals surface area contributed by atoms with Crippen LogP contribution in [-0.2, 0) is 27.2 Å². The van der Waals surface area contributed by atoms with Gasteiger partial charge in [-0.3, -0.25) is 10.3 Å². The molecule has 10 nitrogen and oxygen atoms in total. The van der Waals surface area contributed by atoms with Gasteiger partial charge in [-0.1, -0.05) is 41.4 Å². The first-order valence-electron chi connectivity index (χ1n) is 16.2. The Labute approximate surface area is 306 Å². The number of piperidine rings is 1. The third kappa shape index (κ3) is 9.67. The number of esters is 2. The third-order valence-corrected chi connectivity index (χ3v) is 10.4. The van der Waals surface area contributed by atoms with Crippen molar-refractivity contribution >= 4 is 46.5 Å². The SMILES string of the molecule is COc1cccc(C(NCc2ccc(C(=O)O[C@@H](Cc3c(Cl)cncc3Cl)c3ccc(OC)c(OC)c3)s2)C(=O)OCC2CCN(C)CC2)c1. The third-order valence-electron chi connectivity index (χ3n) is 8.68. The molecular formula is C37H41Cl2N3O7S. The molecule has 1 aliphatic rings. The molecule has 1 saturated heterocycles. The minimum atomic E-state index is -0.764. The summed E-state index contributed by atoms with van der Waals surface area (Å²) in [6.45, 7) is 2.66. The molecule has 2 aromatic carbocycles. The average Bonchev–Trinajstić information content (AvgIpc) is 3.61. The predicted molar refractivity (Wildman–Crippen MR) is 194 cm³/mol. The molecule has 0 bridgehead atoms. The topological polar surface area (TPSA) is 108 Å². The molecule has 1 N–H and O–H groups in total. The molecule has 1 unspecified atom stereocenters. The maximum Gasteiger partial charge on any atom is 0.348 e. The van der Waals surface area contributed by atoms with E-state index < -0.39 is 18.1 Å². The van der Waals surface area contributed by atoms with Crippen LogP contribution in [0, 0.1) is 5.92 Å². The van der Waals surface area contributed by atoms with Gasteiger partial charge in [0.25, 0.3) is 0 Å². The fraction of sp³-hybridized carbons (Fsp3) is 0.378. The predicted octanol–water partition coefficient (Wildman–Crippen LogP) is 7.33. The fourth-order valence-electron chi connectivity index (χ4n) is 5.74. The first-order chi connectivity index (χ1) is 24.2. The number of carbonyl (C=O) groups is 2. The van der Waals surface area contributed by atoms with E-state index in [1.165, 1.54) is 30.8 Å². The van der Waals surface area contributed by atoms with Crippen molar-refractivity contribution in [3.8, 4) is 17.2 Å². The molecule has 0 aliphatic carbocycles. The summed E-state index contributed by atoms with van der Waals surface area (Å²) in [6.07, 6.45) is 4.41. The Morgan fingerprint density at radius 1 is 0.940 bits per heavy atom. The molecule has 13 heteroatoms. The number of pyridine rings is 1. The Hall–Kier alpha value is -3.87. The maximum absolute atomic E-state index is 13.6. The number of benzene rings is 2. The van der Waals surface area contributed by atoms with Crippen LogP contribution < -0.4 is 19.5 Å². The molecule has 5 rings (SSSR count). The lowest BCUT2D eigenvalue weighted by molar-refractivity contribution is -0.148. The maximum atomic E-state index is 13.6. The van der Waals surface area contributed by atoms with Crippen molar-refractivity contribution in [2.75, 3.05) is 48.1 Å². The Balaban J connectivity index is 1.31. The van der Waals surface area contributed by atoms with Crippen molar-refractivity contribution in [2.45, 2.75) is 38.0 Å². The van der Waals surface area contributed by atoms with Crippen LogP contribution in [0.15, 0.2) is 67.0 Å². The van der Waals surface area contributed by atoms with Gasteiger partial charge in [-0.2, -0.15) is 0 Å². The summed E-state index contributed by atoms with van der Waals surface area (Å²) in [5, 5.41) is 4.06. The second-order valence-corrected chi connectivity index (χ2v) is 14.0. The molecule has 2 aromatic heterocycles. The highest BCUT2D eigenvalue weighted by molar-refractivity contribution is 7.13. The summed E-state index contributed by atoms with van der Waals surface area (Å²) < 4.78 is 28.3. The smallest absolute Gasteiger partial charge is 0.348 e. The molecule has 0 spiro atoms. The minimum Gasteiger partial charge on any atom is -0.497 e. The van der Waals surface area contributed by atoms with Crippen LogP contribution in [0.3, 0.4) is 0 Å². The van der Waals surface area contributed by atoms with Crippen molar-refractivity contribution in [3.63, 3.8) is 0 Å². The van der Waals surface area contributed by atoms with Gasteiger partial charge in [0.2, 0.25) is 0 Å². The molecule has 0 radical (unpaired) electrons. The van der Waals surface area contributed by atoms with E-state index >= 15 is 0 Å². The number of rotatable bonds is 15. The van der Waals surface area contributed by atoms with Gasteiger partial charge in [-0.05, 0) is 92.0 Å². The molecule has 3 heterocycles. The van der Waals surface area contributed by atoms with Crippen LogP contribution in [0.25, 0.3) is 0 Å². The zero-order valence-corrected chi connectivity index (χ0v) is 30.8. The highest BCUT2D eigenvalue weighted by Crippen LogP contribution is 2.36. The molecule has 50 heavy (non-hydrogen) atoms. The normalized spacial score (nSPS) is 14.8. The fourth-order valence-corrected chi connectivity index (χ4v) is 7.10. The van der Waals surface area contributed by atoms with E-state index in [1.54, 1.807) is 38.5 Å². The van der Waals surface area contributed by atoms with E-state index in [1.807, 2.05) is 30.3 Å². The number of halogens is 2. The molecule has 1 aliphatic heterocycles. The van der Waals surface area contributed by atoms with E-state index in [9.17, 15) is 9.59 Å². The lowest BCUT2D eigenvalue weighted by Crippen LogP contribution is -2.34. The van der Waals surface area contributed by atoms with Gasteiger partial charge in [0.05, 0.1) is 38.0 Å². The number of hydrogen-bond donors (Lipinski definition) is 1. The van der Waals surface area contributed by atoms with E-state index in [0.29, 0.717) is 62.4 Å². The van der Waals surface area contributed by atoms with E-state index in [-0.39, 0.29) is 12.4 Å². The first kappa shape index (κ1) is 37.4. The number of nitrogens with one attached hydrogen (secondary N) is 1. The van der Waals surface area contributed by atoms with E-state index in [0.717, 1.165) is 36.4 Å². The van der Waals surface area contributed by atoms with E-state index in [4.69, 9.17) is 46.9 Å². The number of ether oxygens (including phenoxy) is 5. The Morgan fingerprint density at radius 2 is 1.68 bits per heavy atom. The van der Waals surface area contributed by atoms with Crippen LogP contribution in [0.4, 0.5) is 0 Å². The minimum absolute atomic E-state index is 0.198. The number of hydrogen-bond acceptors (Lipinski definition) is 11. The van der Waals surface area contributed by atoms with Gasteiger partial charge in [0.1, 0.15) is 22.8 Å². The van der Waals surface area contributed by atoms with Crippen molar-refractivity contribution < 1.29 is 33.3 Å². The van der Waals surface area contributed by atoms with Crippen molar-refractivity contribution in [2.24, 2.45) is 5.92 Å². The highest BCUT2D eigenvalue weighted by atomic mass is 35.5. The van der Waals surface area contributed by atoms with Crippen molar-refractivity contribution in [1.29, 1.82) is 0 Å². The van der Waals surface area contributed by atoms with Crippen molar-refractivity contribution in [1.82, 2.24) is 15.2 Å². The Morgan fingerprint density at radius 3 is 2.38 bits per heavy atom. The van der Waals surface area contributed by atoms with Gasteiger partial charge < -0.3 is 28.6 Å². The zero-order valence-electron chi connectivity index (χ0n) is 28.4. The van der Waals surface area contributed by atoms with Crippen molar-refractivity contribution in [3.05, 3.63) is 103 Å². The molecule has 2 atom stereocenters. The van der Waals surface area contributed by atoms with Crippen LogP contribution in [0.2, 0.25) is 10.0 Å². The van der Waals surface area contributed by atoms with Gasteiger partial charge >= 0.3 is 11.9 Å². The number of carbonyl (C=O) groups excluding carboxylic acids is 2. The van der Waals surface area contributed by atoms with Crippen LogP contribution in [-0.4, -0.2) is 69.9 Å². The van der Waals surface area contributed by atoms with Gasteiger partial charge in [0.15, 0.2) is 11.5 Å². The average molecular weight is 743 g/mol.